The van der Waals surface area contributed by atoms with Gasteiger partial charge in [-0.1, -0.05) is 0 Å². The van der Waals surface area contributed by atoms with Crippen molar-refractivity contribution in [1.82, 2.24) is 25.1 Å². The third-order valence-electron chi connectivity index (χ3n) is 4.20. The summed E-state index contributed by atoms with van der Waals surface area (Å²) in [5.74, 6) is 1.05. The van der Waals surface area contributed by atoms with E-state index >= 15 is 0 Å². The third-order valence-corrected chi connectivity index (χ3v) is 4.20. The Hall–Kier alpha value is -1.70. The van der Waals surface area contributed by atoms with E-state index in [-0.39, 0.29) is 18.1 Å². The molecule has 0 aromatic carbocycles. The van der Waals surface area contributed by atoms with Crippen LogP contribution in [0.5, 0.6) is 0 Å². The van der Waals surface area contributed by atoms with Crippen molar-refractivity contribution in [3.63, 3.8) is 0 Å². The largest absolute Gasteiger partial charge is 0.510 e. The molecule has 1 fully saturated rings. The second kappa shape index (κ2) is 7.25. The molecule has 0 aliphatic carbocycles. The highest BCUT2D eigenvalue weighted by Gasteiger charge is 2.31. The molecule has 1 aromatic heterocycles. The number of ether oxygens (including phenoxy) is 2. The van der Waals surface area contributed by atoms with Gasteiger partial charge < -0.3 is 9.47 Å². The number of piperidine rings is 1. The summed E-state index contributed by atoms with van der Waals surface area (Å²) in [5, 5.41) is 11.9. The lowest BCUT2D eigenvalue weighted by Gasteiger charge is -2.40. The van der Waals surface area contributed by atoms with Crippen LogP contribution < -0.4 is 0 Å². The van der Waals surface area contributed by atoms with Gasteiger partial charge in [-0.15, -0.1) is 5.10 Å². The SMILES string of the molecule is CCOC(=O)OC(C)n1nnnc1C1CCN(C(C)(C)C)CC1. The molecule has 1 aliphatic heterocycles. The molecule has 130 valence electrons. The first-order valence-corrected chi connectivity index (χ1v) is 8.19. The second-order valence-electron chi connectivity index (χ2n) is 6.81. The average Bonchev–Trinajstić information content (AvgIpc) is 2.96. The van der Waals surface area contributed by atoms with Crippen molar-refractivity contribution in [2.75, 3.05) is 19.7 Å². The van der Waals surface area contributed by atoms with Crippen LogP contribution in [0.1, 0.15) is 65.4 Å². The van der Waals surface area contributed by atoms with Crippen LogP contribution in [0.2, 0.25) is 0 Å². The van der Waals surface area contributed by atoms with Gasteiger partial charge >= 0.3 is 6.16 Å². The van der Waals surface area contributed by atoms with Crippen LogP contribution in [0.4, 0.5) is 4.79 Å². The minimum absolute atomic E-state index is 0.178. The Morgan fingerprint density at radius 2 is 2.00 bits per heavy atom. The lowest BCUT2D eigenvalue weighted by Crippen LogP contribution is -2.46. The minimum atomic E-state index is -0.705. The summed E-state index contributed by atoms with van der Waals surface area (Å²) in [6.07, 6.45) is 0.691. The molecule has 1 saturated heterocycles. The van der Waals surface area contributed by atoms with Crippen LogP contribution in [0, 0.1) is 0 Å². The van der Waals surface area contributed by atoms with Crippen molar-refractivity contribution >= 4 is 6.16 Å². The van der Waals surface area contributed by atoms with Gasteiger partial charge in [-0.05, 0) is 71.0 Å². The molecule has 1 aromatic rings. The molecule has 8 heteroatoms. The van der Waals surface area contributed by atoms with E-state index < -0.39 is 12.4 Å². The summed E-state index contributed by atoms with van der Waals surface area (Å²) >= 11 is 0. The first-order valence-electron chi connectivity index (χ1n) is 8.19. The van der Waals surface area contributed by atoms with Crippen LogP contribution in [0.25, 0.3) is 0 Å². The molecule has 0 bridgehead atoms. The van der Waals surface area contributed by atoms with E-state index in [1.807, 2.05) is 0 Å². The number of hydrogen-bond donors (Lipinski definition) is 0. The van der Waals surface area contributed by atoms with Gasteiger partial charge in [0.15, 0.2) is 12.1 Å². The van der Waals surface area contributed by atoms with Gasteiger partial charge in [-0.25, -0.2) is 4.79 Å². The predicted octanol–water partition coefficient (Wildman–Crippen LogP) is 2.34. The maximum absolute atomic E-state index is 11.5. The Morgan fingerprint density at radius 1 is 1.35 bits per heavy atom. The standard InChI is InChI=1S/C15H27N5O3/c1-6-22-14(21)23-11(2)20-13(16-17-18-20)12-7-9-19(10-8-12)15(3,4)5/h11-12H,6-10H2,1-5H3. The van der Waals surface area contributed by atoms with Gasteiger partial charge in [-0.2, -0.15) is 4.68 Å². The number of rotatable bonds is 4. The van der Waals surface area contributed by atoms with E-state index in [1.54, 1.807) is 18.5 Å². The monoisotopic (exact) mass is 325 g/mol. The molecule has 2 rings (SSSR count). The van der Waals surface area contributed by atoms with E-state index in [4.69, 9.17) is 9.47 Å². The van der Waals surface area contributed by atoms with Crippen LogP contribution in [0.15, 0.2) is 0 Å². The topological polar surface area (TPSA) is 82.4 Å². The fourth-order valence-corrected chi connectivity index (χ4v) is 2.88. The highest BCUT2D eigenvalue weighted by atomic mass is 16.7. The Balaban J connectivity index is 2.00. The molecule has 2 heterocycles. The fraction of sp³-hybridized carbons (Fsp3) is 0.867. The van der Waals surface area contributed by atoms with Crippen LogP contribution >= 0.6 is 0 Å². The number of carbonyl (C=O) groups is 1. The number of likely N-dealkylation sites (tertiary alicyclic amines) is 1. The van der Waals surface area contributed by atoms with Gasteiger partial charge in [0.25, 0.3) is 0 Å². The Morgan fingerprint density at radius 3 is 2.57 bits per heavy atom. The molecule has 0 amide bonds. The molecular formula is C15H27N5O3. The summed E-state index contributed by atoms with van der Waals surface area (Å²) in [6.45, 7) is 12.5. The van der Waals surface area contributed by atoms with Crippen molar-refractivity contribution in [2.45, 2.75) is 65.1 Å². The molecular weight excluding hydrogens is 298 g/mol. The van der Waals surface area contributed by atoms with Crippen molar-refractivity contribution in [1.29, 1.82) is 0 Å². The van der Waals surface area contributed by atoms with Gasteiger partial charge in [0.05, 0.1) is 6.61 Å². The highest BCUT2D eigenvalue weighted by molar-refractivity contribution is 5.59. The van der Waals surface area contributed by atoms with Gasteiger partial charge in [0, 0.05) is 11.5 Å². The molecule has 0 spiro atoms. The van der Waals surface area contributed by atoms with Gasteiger partial charge in [0.1, 0.15) is 0 Å². The zero-order chi connectivity index (χ0) is 17.0. The Bertz CT molecular complexity index is 517. The van der Waals surface area contributed by atoms with Crippen molar-refractivity contribution < 1.29 is 14.3 Å². The lowest BCUT2D eigenvalue weighted by molar-refractivity contribution is -0.00173. The normalized spacial score (nSPS) is 18.7. The third kappa shape index (κ3) is 4.40. The number of aromatic nitrogens is 4. The van der Waals surface area contributed by atoms with E-state index in [0.29, 0.717) is 0 Å². The van der Waals surface area contributed by atoms with Crippen molar-refractivity contribution in [3.8, 4) is 0 Å². The van der Waals surface area contributed by atoms with Crippen molar-refractivity contribution in [3.05, 3.63) is 5.82 Å². The lowest BCUT2D eigenvalue weighted by atomic mass is 9.92. The highest BCUT2D eigenvalue weighted by Crippen LogP contribution is 2.30. The van der Waals surface area contributed by atoms with E-state index in [9.17, 15) is 4.79 Å². The first-order chi connectivity index (χ1) is 10.8. The maximum Gasteiger partial charge on any atom is 0.510 e. The molecule has 0 N–H and O–H groups in total. The van der Waals surface area contributed by atoms with E-state index in [1.165, 1.54) is 0 Å². The van der Waals surface area contributed by atoms with Crippen LogP contribution in [0.3, 0.4) is 0 Å². The van der Waals surface area contributed by atoms with E-state index in [2.05, 4.69) is 41.2 Å². The number of carbonyl (C=O) groups excluding carboxylic acids is 1. The Labute approximate surface area is 137 Å². The van der Waals surface area contributed by atoms with Crippen LogP contribution in [-0.2, 0) is 9.47 Å². The minimum Gasteiger partial charge on any atom is -0.435 e. The summed E-state index contributed by atoms with van der Waals surface area (Å²) < 4.78 is 11.6. The predicted molar refractivity (Wildman–Crippen MR) is 83.9 cm³/mol. The Kier molecular flexibility index (Phi) is 5.56. The molecule has 23 heavy (non-hydrogen) atoms. The molecule has 1 unspecified atom stereocenters. The molecule has 0 radical (unpaired) electrons. The first kappa shape index (κ1) is 17.7. The quantitative estimate of drug-likeness (QED) is 0.786. The second-order valence-corrected chi connectivity index (χ2v) is 6.81. The fourth-order valence-electron chi connectivity index (χ4n) is 2.88. The molecule has 0 saturated carbocycles. The molecule has 1 atom stereocenters. The van der Waals surface area contributed by atoms with Gasteiger partial charge in [0.2, 0.25) is 0 Å². The number of tetrazole rings is 1. The number of hydrogen-bond acceptors (Lipinski definition) is 7. The average molecular weight is 325 g/mol. The zero-order valence-corrected chi connectivity index (χ0v) is 14.7. The van der Waals surface area contributed by atoms with E-state index in [0.717, 1.165) is 31.8 Å². The van der Waals surface area contributed by atoms with Gasteiger partial charge in [-0.3, -0.25) is 4.90 Å². The summed E-state index contributed by atoms with van der Waals surface area (Å²) in [6, 6.07) is 0. The summed E-state index contributed by atoms with van der Waals surface area (Å²) in [5.41, 5.74) is 0.178. The zero-order valence-electron chi connectivity index (χ0n) is 14.7. The molecule has 8 nitrogen and oxygen atoms in total. The summed E-state index contributed by atoms with van der Waals surface area (Å²) in [7, 11) is 0. The maximum atomic E-state index is 11.5. The van der Waals surface area contributed by atoms with Crippen molar-refractivity contribution in [2.24, 2.45) is 0 Å². The molecule has 1 aliphatic rings. The number of nitrogens with zero attached hydrogens (tertiary/aromatic N) is 5. The van der Waals surface area contributed by atoms with Crippen LogP contribution in [-0.4, -0.2) is 56.5 Å². The summed E-state index contributed by atoms with van der Waals surface area (Å²) in [4.78, 5) is 13.9. The smallest absolute Gasteiger partial charge is 0.435 e.